The van der Waals surface area contributed by atoms with Crippen molar-refractivity contribution in [3.05, 3.63) is 0 Å². The molecule has 2 unspecified atom stereocenters. The molecule has 3 N–H and O–H groups in total. The lowest BCUT2D eigenvalue weighted by Gasteiger charge is -2.17. The van der Waals surface area contributed by atoms with Crippen molar-refractivity contribution >= 4 is 5.91 Å². The quantitative estimate of drug-likeness (QED) is 0.537. The highest BCUT2D eigenvalue weighted by Crippen LogP contribution is 2.08. The first-order valence-electron chi connectivity index (χ1n) is 3.81. The predicted molar refractivity (Wildman–Crippen MR) is 40.9 cm³/mol. The van der Waals surface area contributed by atoms with Gasteiger partial charge in [-0.15, -0.1) is 0 Å². The summed E-state index contributed by atoms with van der Waals surface area (Å²) in [6, 6.07) is -0.0405. The minimum absolute atomic E-state index is 0.0405. The maximum Gasteiger partial charge on any atom is 0.224 e. The van der Waals surface area contributed by atoms with E-state index in [1.54, 1.807) is 11.8 Å². The van der Waals surface area contributed by atoms with Crippen LogP contribution in [0.3, 0.4) is 0 Å². The number of aliphatic hydroxyl groups excluding tert-OH is 1. The third-order valence-electron chi connectivity index (χ3n) is 1.73. The van der Waals surface area contributed by atoms with E-state index in [-0.39, 0.29) is 11.9 Å². The van der Waals surface area contributed by atoms with E-state index in [4.69, 9.17) is 10.8 Å². The van der Waals surface area contributed by atoms with Crippen molar-refractivity contribution in [2.45, 2.75) is 25.5 Å². The van der Waals surface area contributed by atoms with Crippen LogP contribution in [-0.4, -0.2) is 41.1 Å². The van der Waals surface area contributed by atoms with Crippen LogP contribution in [-0.2, 0) is 4.79 Å². The van der Waals surface area contributed by atoms with Crippen LogP contribution in [0, 0.1) is 0 Å². The molecule has 4 nitrogen and oxygen atoms in total. The van der Waals surface area contributed by atoms with Gasteiger partial charge in [0.2, 0.25) is 5.91 Å². The van der Waals surface area contributed by atoms with Gasteiger partial charge < -0.3 is 15.7 Å². The topological polar surface area (TPSA) is 66.6 Å². The molecular formula is C7H14N2O2. The molecule has 1 amide bonds. The van der Waals surface area contributed by atoms with Gasteiger partial charge in [-0.1, -0.05) is 0 Å². The van der Waals surface area contributed by atoms with Gasteiger partial charge in [0.15, 0.2) is 0 Å². The highest BCUT2D eigenvalue weighted by molar-refractivity contribution is 5.79. The number of amides is 1. The Hall–Kier alpha value is -0.610. The third kappa shape index (κ3) is 2.17. The smallest absolute Gasteiger partial charge is 0.224 e. The summed E-state index contributed by atoms with van der Waals surface area (Å²) < 4.78 is 0. The number of aliphatic hydroxyl groups is 1. The van der Waals surface area contributed by atoms with Crippen molar-refractivity contribution < 1.29 is 9.90 Å². The van der Waals surface area contributed by atoms with E-state index in [0.717, 1.165) is 0 Å². The summed E-state index contributed by atoms with van der Waals surface area (Å²) in [6.07, 6.45) is -0.0311. The normalized spacial score (nSPS) is 27.7. The van der Waals surface area contributed by atoms with Crippen molar-refractivity contribution in [2.24, 2.45) is 5.73 Å². The summed E-state index contributed by atoms with van der Waals surface area (Å²) in [7, 11) is 0. The zero-order valence-corrected chi connectivity index (χ0v) is 6.66. The van der Waals surface area contributed by atoms with Crippen LogP contribution in [0.25, 0.3) is 0 Å². The Bertz CT molecular complexity index is 159. The van der Waals surface area contributed by atoms with Crippen LogP contribution < -0.4 is 5.73 Å². The summed E-state index contributed by atoms with van der Waals surface area (Å²) in [5.74, 6) is 0.0541. The Morgan fingerprint density at radius 2 is 2.55 bits per heavy atom. The molecule has 1 rings (SSSR count). The summed E-state index contributed by atoms with van der Waals surface area (Å²) in [4.78, 5) is 12.7. The maximum atomic E-state index is 11.1. The molecular weight excluding hydrogens is 144 g/mol. The molecule has 2 atom stereocenters. The van der Waals surface area contributed by atoms with Gasteiger partial charge in [0.25, 0.3) is 0 Å². The second-order valence-electron chi connectivity index (χ2n) is 3.11. The minimum atomic E-state index is -0.454. The van der Waals surface area contributed by atoms with Crippen molar-refractivity contribution in [3.63, 3.8) is 0 Å². The van der Waals surface area contributed by atoms with Crippen molar-refractivity contribution in [2.75, 3.05) is 13.1 Å². The maximum absolute atomic E-state index is 11.1. The van der Waals surface area contributed by atoms with Crippen LogP contribution in [0.1, 0.15) is 13.3 Å². The van der Waals surface area contributed by atoms with E-state index >= 15 is 0 Å². The molecule has 0 bridgehead atoms. The van der Waals surface area contributed by atoms with Crippen LogP contribution in [0.4, 0.5) is 0 Å². The lowest BCUT2D eigenvalue weighted by Crippen LogP contribution is -2.33. The average molecular weight is 158 g/mol. The van der Waals surface area contributed by atoms with Crippen molar-refractivity contribution in [1.82, 2.24) is 4.90 Å². The number of hydrogen-bond acceptors (Lipinski definition) is 3. The lowest BCUT2D eigenvalue weighted by molar-refractivity contribution is -0.128. The highest BCUT2D eigenvalue weighted by atomic mass is 16.3. The molecule has 1 aliphatic rings. The molecule has 0 aliphatic carbocycles. The average Bonchev–Trinajstić information content (AvgIpc) is 2.09. The molecule has 1 aliphatic heterocycles. The molecule has 0 aromatic heterocycles. The second-order valence-corrected chi connectivity index (χ2v) is 3.11. The zero-order chi connectivity index (χ0) is 8.43. The highest BCUT2D eigenvalue weighted by Gasteiger charge is 2.27. The van der Waals surface area contributed by atoms with Gasteiger partial charge in [-0.05, 0) is 6.92 Å². The molecule has 0 radical (unpaired) electrons. The molecule has 64 valence electrons. The summed E-state index contributed by atoms with van der Waals surface area (Å²) >= 11 is 0. The number of β-amino-alcohol motifs (C(OH)–C–C–N with tert-alkyl or cyclic N) is 1. The lowest BCUT2D eigenvalue weighted by atomic mass is 10.3. The Morgan fingerprint density at radius 3 is 2.91 bits per heavy atom. The number of carbonyl (C=O) groups is 1. The Labute approximate surface area is 66.0 Å². The van der Waals surface area contributed by atoms with Gasteiger partial charge in [-0.25, -0.2) is 0 Å². The fraction of sp³-hybridized carbons (Fsp3) is 0.857. The van der Waals surface area contributed by atoms with Gasteiger partial charge in [-0.2, -0.15) is 0 Å². The number of nitrogens with zero attached hydrogens (tertiary/aromatic N) is 1. The Kier molecular flexibility index (Phi) is 2.46. The molecule has 1 heterocycles. The first-order valence-corrected chi connectivity index (χ1v) is 3.81. The molecule has 0 aromatic carbocycles. The van der Waals surface area contributed by atoms with Crippen molar-refractivity contribution in [3.8, 4) is 0 Å². The Morgan fingerprint density at radius 1 is 1.91 bits per heavy atom. The zero-order valence-electron chi connectivity index (χ0n) is 6.66. The van der Waals surface area contributed by atoms with E-state index in [1.165, 1.54) is 0 Å². The third-order valence-corrected chi connectivity index (χ3v) is 1.73. The van der Waals surface area contributed by atoms with Gasteiger partial charge in [0, 0.05) is 25.6 Å². The second kappa shape index (κ2) is 3.19. The first-order chi connectivity index (χ1) is 5.09. The standard InChI is InChI=1S/C7H14N2O2/c1-5(10)3-9-4-6(8)2-7(9)11/h5-6,10H,2-4,8H2,1H3. The predicted octanol–water partition coefficient (Wildman–Crippen LogP) is -1.07. The minimum Gasteiger partial charge on any atom is -0.392 e. The van der Waals surface area contributed by atoms with E-state index < -0.39 is 6.10 Å². The van der Waals surface area contributed by atoms with E-state index in [1.807, 2.05) is 0 Å². The fourth-order valence-electron chi connectivity index (χ4n) is 1.30. The molecule has 1 fully saturated rings. The number of rotatable bonds is 2. The fourth-order valence-corrected chi connectivity index (χ4v) is 1.30. The number of nitrogens with two attached hydrogens (primary N) is 1. The molecule has 0 aromatic rings. The SMILES string of the molecule is CC(O)CN1CC(N)CC1=O. The van der Waals surface area contributed by atoms with Crippen LogP contribution in [0.15, 0.2) is 0 Å². The van der Waals surface area contributed by atoms with Crippen LogP contribution in [0.2, 0.25) is 0 Å². The number of carbonyl (C=O) groups excluding carboxylic acids is 1. The largest absolute Gasteiger partial charge is 0.392 e. The monoisotopic (exact) mass is 158 g/mol. The first kappa shape index (κ1) is 8.49. The Balaban J connectivity index is 2.41. The summed E-state index contributed by atoms with van der Waals surface area (Å²) in [5, 5.41) is 8.98. The van der Waals surface area contributed by atoms with E-state index in [2.05, 4.69) is 0 Å². The van der Waals surface area contributed by atoms with E-state index in [0.29, 0.717) is 19.5 Å². The van der Waals surface area contributed by atoms with Gasteiger partial charge in [-0.3, -0.25) is 4.79 Å². The molecule has 0 saturated carbocycles. The van der Waals surface area contributed by atoms with Gasteiger partial charge >= 0.3 is 0 Å². The number of hydrogen-bond donors (Lipinski definition) is 2. The van der Waals surface area contributed by atoms with Crippen LogP contribution >= 0.6 is 0 Å². The summed E-state index contributed by atoms with van der Waals surface area (Å²) in [6.45, 7) is 2.66. The van der Waals surface area contributed by atoms with Gasteiger partial charge in [0.05, 0.1) is 6.10 Å². The molecule has 11 heavy (non-hydrogen) atoms. The number of likely N-dealkylation sites (tertiary alicyclic amines) is 1. The molecule has 4 heteroatoms. The molecule has 1 saturated heterocycles. The van der Waals surface area contributed by atoms with E-state index in [9.17, 15) is 4.79 Å². The van der Waals surface area contributed by atoms with Gasteiger partial charge in [0.1, 0.15) is 0 Å². The van der Waals surface area contributed by atoms with Crippen LogP contribution in [0.5, 0.6) is 0 Å². The molecule has 0 spiro atoms. The van der Waals surface area contributed by atoms with Crippen molar-refractivity contribution in [1.29, 1.82) is 0 Å². The summed E-state index contributed by atoms with van der Waals surface area (Å²) in [5.41, 5.74) is 5.55.